The zero-order valence-corrected chi connectivity index (χ0v) is 19.3. The van der Waals surface area contributed by atoms with Crippen LogP contribution in [0.4, 0.5) is 4.39 Å². The van der Waals surface area contributed by atoms with Crippen molar-refractivity contribution in [1.29, 1.82) is 0 Å². The van der Waals surface area contributed by atoms with Crippen molar-refractivity contribution in [3.8, 4) is 0 Å². The van der Waals surface area contributed by atoms with E-state index in [0.717, 1.165) is 4.90 Å². The highest BCUT2D eigenvalue weighted by Crippen LogP contribution is 2.22. The van der Waals surface area contributed by atoms with Crippen LogP contribution in [0.5, 0.6) is 0 Å². The van der Waals surface area contributed by atoms with E-state index in [1.165, 1.54) is 22.7 Å². The minimum absolute atomic E-state index is 0.0375. The molecule has 0 aliphatic heterocycles. The van der Waals surface area contributed by atoms with Gasteiger partial charge < -0.3 is 10.2 Å². The van der Waals surface area contributed by atoms with Gasteiger partial charge in [0.15, 0.2) is 0 Å². The molecular weight excluding hydrogens is 423 g/mol. The van der Waals surface area contributed by atoms with Gasteiger partial charge in [0.1, 0.15) is 11.9 Å². The average molecular weight is 451 g/mol. The fourth-order valence-corrected chi connectivity index (χ4v) is 3.76. The van der Waals surface area contributed by atoms with Gasteiger partial charge in [-0.25, -0.2) is 4.39 Å². The van der Waals surface area contributed by atoms with Gasteiger partial charge in [0.25, 0.3) is 0 Å². The summed E-state index contributed by atoms with van der Waals surface area (Å²) in [5.41, 5.74) is -0.0470. The van der Waals surface area contributed by atoms with Gasteiger partial charge in [0.2, 0.25) is 11.8 Å². The normalized spacial score (nSPS) is 12.3. The molecule has 0 heterocycles. The van der Waals surface area contributed by atoms with Crippen LogP contribution in [0.1, 0.15) is 39.7 Å². The molecule has 2 amide bonds. The Balaban J connectivity index is 2.10. The van der Waals surface area contributed by atoms with Crippen molar-refractivity contribution in [3.63, 3.8) is 0 Å². The first kappa shape index (κ1) is 24.2. The molecule has 0 aromatic heterocycles. The second-order valence-corrected chi connectivity index (χ2v) is 9.69. The number of amides is 2. The molecule has 1 N–H and O–H groups in total. The second kappa shape index (κ2) is 10.8. The lowest BCUT2D eigenvalue weighted by molar-refractivity contribution is -0.141. The van der Waals surface area contributed by atoms with E-state index in [1.807, 2.05) is 32.9 Å². The van der Waals surface area contributed by atoms with Gasteiger partial charge in [0, 0.05) is 39.7 Å². The maximum absolute atomic E-state index is 14.2. The summed E-state index contributed by atoms with van der Waals surface area (Å²) in [7, 11) is 0. The molecule has 30 heavy (non-hydrogen) atoms. The van der Waals surface area contributed by atoms with Crippen LogP contribution in [-0.4, -0.2) is 34.0 Å². The van der Waals surface area contributed by atoms with E-state index in [-0.39, 0.29) is 24.8 Å². The van der Waals surface area contributed by atoms with Gasteiger partial charge in [-0.3, -0.25) is 9.59 Å². The molecule has 0 bridgehead atoms. The summed E-state index contributed by atoms with van der Waals surface area (Å²) < 4.78 is 14.2. The van der Waals surface area contributed by atoms with Crippen molar-refractivity contribution in [3.05, 3.63) is 64.9 Å². The number of benzene rings is 2. The predicted octanol–water partition coefficient (Wildman–Crippen LogP) is 5.29. The van der Waals surface area contributed by atoms with Gasteiger partial charge in [-0.2, -0.15) is 0 Å². The largest absolute Gasteiger partial charge is 0.350 e. The number of nitrogens with one attached hydrogen (secondary N) is 1. The summed E-state index contributed by atoms with van der Waals surface area (Å²) >= 11 is 7.43. The van der Waals surface area contributed by atoms with Gasteiger partial charge in [-0.15, -0.1) is 11.8 Å². The highest BCUT2D eigenvalue weighted by atomic mass is 35.5. The van der Waals surface area contributed by atoms with Crippen molar-refractivity contribution in [2.45, 2.75) is 57.1 Å². The maximum Gasteiger partial charge on any atom is 0.242 e. The van der Waals surface area contributed by atoms with E-state index in [9.17, 15) is 14.0 Å². The molecule has 162 valence electrons. The lowest BCUT2D eigenvalue weighted by Crippen LogP contribution is -2.52. The highest BCUT2D eigenvalue weighted by molar-refractivity contribution is 7.99. The first-order chi connectivity index (χ1) is 14.1. The zero-order chi connectivity index (χ0) is 22.3. The Labute approximate surface area is 187 Å². The SMILES string of the molecule is CC(C(=O)NC(C)(C)C)N(Cc1ccccc1F)C(=O)CCSc1ccc(Cl)cc1. The molecule has 7 heteroatoms. The third-order valence-electron chi connectivity index (χ3n) is 4.36. The number of halogens is 2. The molecular formula is C23H28ClFN2O2S. The van der Waals surface area contributed by atoms with E-state index in [0.29, 0.717) is 16.3 Å². The van der Waals surface area contributed by atoms with Crippen molar-refractivity contribution in [2.24, 2.45) is 0 Å². The van der Waals surface area contributed by atoms with Crippen molar-refractivity contribution < 1.29 is 14.0 Å². The van der Waals surface area contributed by atoms with E-state index >= 15 is 0 Å². The number of carbonyl (C=O) groups excluding carboxylic acids is 2. The molecule has 4 nitrogen and oxygen atoms in total. The summed E-state index contributed by atoms with van der Waals surface area (Å²) in [4.78, 5) is 28.1. The summed E-state index contributed by atoms with van der Waals surface area (Å²) in [5.74, 6) is -0.315. The molecule has 0 aliphatic carbocycles. The lowest BCUT2D eigenvalue weighted by atomic mass is 10.1. The van der Waals surface area contributed by atoms with Crippen LogP contribution in [0, 0.1) is 5.82 Å². The van der Waals surface area contributed by atoms with Gasteiger partial charge >= 0.3 is 0 Å². The highest BCUT2D eigenvalue weighted by Gasteiger charge is 2.28. The third-order valence-corrected chi connectivity index (χ3v) is 5.63. The fourth-order valence-electron chi connectivity index (χ4n) is 2.80. The summed E-state index contributed by atoms with van der Waals surface area (Å²) in [6.07, 6.45) is 0.231. The van der Waals surface area contributed by atoms with Crippen LogP contribution in [0.3, 0.4) is 0 Å². The Morgan fingerprint density at radius 3 is 2.37 bits per heavy atom. The van der Waals surface area contributed by atoms with E-state index < -0.39 is 17.4 Å². The minimum Gasteiger partial charge on any atom is -0.350 e. The second-order valence-electron chi connectivity index (χ2n) is 8.08. The minimum atomic E-state index is -0.725. The average Bonchev–Trinajstić information content (AvgIpc) is 2.67. The maximum atomic E-state index is 14.2. The molecule has 2 aromatic carbocycles. The Hall–Kier alpha value is -2.05. The smallest absolute Gasteiger partial charge is 0.242 e. The lowest BCUT2D eigenvalue weighted by Gasteiger charge is -2.31. The molecule has 2 aromatic rings. The number of thioether (sulfide) groups is 1. The molecule has 1 atom stereocenters. The van der Waals surface area contributed by atoms with Crippen LogP contribution in [0.2, 0.25) is 5.02 Å². The molecule has 0 radical (unpaired) electrons. The van der Waals surface area contributed by atoms with E-state index in [2.05, 4.69) is 5.32 Å². The van der Waals surface area contributed by atoms with Gasteiger partial charge in [0.05, 0.1) is 0 Å². The standard InChI is InChI=1S/C23H28ClFN2O2S/c1-16(22(29)26-23(2,3)4)27(15-17-7-5-6-8-20(17)25)21(28)13-14-30-19-11-9-18(24)10-12-19/h5-12,16H,13-15H2,1-4H3,(H,26,29). The van der Waals surface area contributed by atoms with E-state index in [1.54, 1.807) is 37.3 Å². The van der Waals surface area contributed by atoms with Crippen LogP contribution in [-0.2, 0) is 16.1 Å². The fraction of sp³-hybridized carbons (Fsp3) is 0.391. The zero-order valence-electron chi connectivity index (χ0n) is 17.7. The molecule has 0 aliphatic rings. The Bertz CT molecular complexity index is 868. The molecule has 0 fully saturated rings. The molecule has 2 rings (SSSR count). The van der Waals surface area contributed by atoms with Crippen molar-refractivity contribution >= 4 is 35.2 Å². The number of rotatable bonds is 8. The van der Waals surface area contributed by atoms with Crippen molar-refractivity contribution in [1.82, 2.24) is 10.2 Å². The van der Waals surface area contributed by atoms with Crippen LogP contribution < -0.4 is 5.32 Å². The number of nitrogens with zero attached hydrogens (tertiary/aromatic N) is 1. The first-order valence-electron chi connectivity index (χ1n) is 9.80. The number of hydrogen-bond donors (Lipinski definition) is 1. The Morgan fingerprint density at radius 2 is 1.77 bits per heavy atom. The molecule has 0 spiro atoms. The molecule has 0 saturated heterocycles. The van der Waals surface area contributed by atoms with Gasteiger partial charge in [-0.1, -0.05) is 29.8 Å². The van der Waals surface area contributed by atoms with E-state index in [4.69, 9.17) is 11.6 Å². The monoisotopic (exact) mass is 450 g/mol. The quantitative estimate of drug-likeness (QED) is 0.555. The number of carbonyl (C=O) groups is 2. The topological polar surface area (TPSA) is 49.4 Å². The molecule has 0 saturated carbocycles. The summed E-state index contributed by atoms with van der Waals surface area (Å²) in [6.45, 7) is 7.35. The Morgan fingerprint density at radius 1 is 1.13 bits per heavy atom. The van der Waals surface area contributed by atoms with Crippen LogP contribution in [0.25, 0.3) is 0 Å². The molecule has 1 unspecified atom stereocenters. The number of hydrogen-bond acceptors (Lipinski definition) is 3. The Kier molecular flexibility index (Phi) is 8.74. The predicted molar refractivity (Wildman–Crippen MR) is 121 cm³/mol. The van der Waals surface area contributed by atoms with Crippen molar-refractivity contribution in [2.75, 3.05) is 5.75 Å². The third kappa shape index (κ3) is 7.65. The first-order valence-corrected chi connectivity index (χ1v) is 11.2. The van der Waals surface area contributed by atoms with Crippen LogP contribution >= 0.6 is 23.4 Å². The van der Waals surface area contributed by atoms with Crippen LogP contribution in [0.15, 0.2) is 53.4 Å². The summed E-state index contributed by atoms with van der Waals surface area (Å²) in [5, 5.41) is 3.56. The van der Waals surface area contributed by atoms with Gasteiger partial charge in [-0.05, 0) is 58.0 Å². The summed E-state index contributed by atoms with van der Waals surface area (Å²) in [6, 6.07) is 13.0.